The van der Waals surface area contributed by atoms with Gasteiger partial charge in [-0.3, -0.25) is 0 Å². The van der Waals surface area contributed by atoms with Crippen LogP contribution in [0.3, 0.4) is 0 Å². The number of carbonyl (C=O) groups is 1. The first kappa shape index (κ1) is 14.3. The summed E-state index contributed by atoms with van der Waals surface area (Å²) in [4.78, 5) is 13.6. The Kier molecular flexibility index (Phi) is 4.47. The van der Waals surface area contributed by atoms with E-state index in [-0.39, 0.29) is 12.1 Å². The van der Waals surface area contributed by atoms with E-state index in [1.165, 1.54) is 0 Å². The normalized spacial score (nSPS) is 23.4. The van der Waals surface area contributed by atoms with Crippen molar-refractivity contribution in [1.29, 1.82) is 0 Å². The summed E-state index contributed by atoms with van der Waals surface area (Å²) >= 11 is 3.33. The van der Waals surface area contributed by atoms with Gasteiger partial charge in [-0.15, -0.1) is 0 Å². The fourth-order valence-corrected chi connectivity index (χ4v) is 2.77. The van der Waals surface area contributed by atoms with Crippen molar-refractivity contribution in [2.45, 2.75) is 32.4 Å². The third-order valence-electron chi connectivity index (χ3n) is 3.44. The molecule has 2 atom stereocenters. The molecule has 1 fully saturated rings. The number of aromatic carboxylic acids is 1. The predicted molar refractivity (Wildman–Crippen MR) is 77.9 cm³/mol. The Labute approximate surface area is 121 Å². The number of benzene rings is 1. The van der Waals surface area contributed by atoms with Gasteiger partial charge in [0.2, 0.25) is 0 Å². The maximum absolute atomic E-state index is 11.4. The van der Waals surface area contributed by atoms with Crippen LogP contribution in [0.4, 0.5) is 5.69 Å². The lowest BCUT2D eigenvalue weighted by molar-refractivity contribution is 0.0297. The summed E-state index contributed by atoms with van der Waals surface area (Å²) in [6, 6.07) is 5.64. The Morgan fingerprint density at radius 1 is 1.58 bits per heavy atom. The lowest BCUT2D eigenvalue weighted by atomic mass is 10.1. The maximum atomic E-state index is 11.4. The standard InChI is InChI=1S/C14H18BrNO3/c1-3-11-8-19-9(2)7-16(11)13-5-4-10(15)6-12(13)14(17)18/h4-6,9,11H,3,7-8H2,1-2H3,(H,17,18). The largest absolute Gasteiger partial charge is 0.478 e. The molecule has 0 aliphatic carbocycles. The van der Waals surface area contributed by atoms with E-state index in [2.05, 4.69) is 27.8 Å². The van der Waals surface area contributed by atoms with Crippen molar-refractivity contribution in [2.24, 2.45) is 0 Å². The molecule has 0 bridgehead atoms. The molecular weight excluding hydrogens is 310 g/mol. The van der Waals surface area contributed by atoms with Gasteiger partial charge in [0.25, 0.3) is 0 Å². The molecule has 104 valence electrons. The van der Waals surface area contributed by atoms with Crippen molar-refractivity contribution in [2.75, 3.05) is 18.1 Å². The van der Waals surface area contributed by atoms with E-state index in [4.69, 9.17) is 4.74 Å². The molecule has 0 amide bonds. The second kappa shape index (κ2) is 5.92. The molecule has 1 saturated heterocycles. The number of hydrogen-bond donors (Lipinski definition) is 1. The topological polar surface area (TPSA) is 49.8 Å². The van der Waals surface area contributed by atoms with Crippen LogP contribution in [0.1, 0.15) is 30.6 Å². The Morgan fingerprint density at radius 2 is 2.32 bits per heavy atom. The molecule has 0 radical (unpaired) electrons. The molecule has 1 aromatic rings. The van der Waals surface area contributed by atoms with Crippen molar-refractivity contribution in [3.63, 3.8) is 0 Å². The summed E-state index contributed by atoms with van der Waals surface area (Å²) in [6.45, 7) is 5.47. The summed E-state index contributed by atoms with van der Waals surface area (Å²) in [5.74, 6) is -0.898. The molecular formula is C14H18BrNO3. The van der Waals surface area contributed by atoms with Crippen LogP contribution in [0.5, 0.6) is 0 Å². The van der Waals surface area contributed by atoms with E-state index < -0.39 is 5.97 Å². The molecule has 1 aliphatic heterocycles. The van der Waals surface area contributed by atoms with Crippen LogP contribution in [-0.4, -0.2) is 36.4 Å². The zero-order valence-electron chi connectivity index (χ0n) is 11.1. The summed E-state index contributed by atoms with van der Waals surface area (Å²) < 4.78 is 6.44. The summed E-state index contributed by atoms with van der Waals surface area (Å²) in [7, 11) is 0. The molecule has 2 unspecified atom stereocenters. The molecule has 0 spiro atoms. The Balaban J connectivity index is 2.40. The number of hydrogen-bond acceptors (Lipinski definition) is 3. The number of morpholine rings is 1. The molecule has 19 heavy (non-hydrogen) atoms. The molecule has 0 saturated carbocycles. The summed E-state index contributed by atoms with van der Waals surface area (Å²) in [6.07, 6.45) is 1.05. The zero-order valence-corrected chi connectivity index (χ0v) is 12.7. The summed E-state index contributed by atoms with van der Waals surface area (Å²) in [5, 5.41) is 9.37. The first-order valence-electron chi connectivity index (χ1n) is 6.44. The van der Waals surface area contributed by atoms with Crippen molar-refractivity contribution in [3.05, 3.63) is 28.2 Å². The molecule has 5 heteroatoms. The minimum atomic E-state index is -0.898. The van der Waals surface area contributed by atoms with Crippen LogP contribution in [0.15, 0.2) is 22.7 Å². The van der Waals surface area contributed by atoms with Crippen LogP contribution < -0.4 is 4.90 Å². The Hall–Kier alpha value is -1.07. The number of anilines is 1. The van der Waals surface area contributed by atoms with Gasteiger partial charge in [-0.25, -0.2) is 4.79 Å². The van der Waals surface area contributed by atoms with Gasteiger partial charge in [0, 0.05) is 11.0 Å². The number of rotatable bonds is 3. The second-order valence-corrected chi connectivity index (χ2v) is 5.74. The molecule has 1 aliphatic rings. The van der Waals surface area contributed by atoms with Crippen molar-refractivity contribution in [1.82, 2.24) is 0 Å². The first-order valence-corrected chi connectivity index (χ1v) is 7.23. The van der Waals surface area contributed by atoms with E-state index in [0.29, 0.717) is 12.2 Å². The maximum Gasteiger partial charge on any atom is 0.337 e. The van der Waals surface area contributed by atoms with Crippen molar-refractivity contribution in [3.8, 4) is 0 Å². The third kappa shape index (κ3) is 3.09. The van der Waals surface area contributed by atoms with Gasteiger partial charge in [-0.05, 0) is 31.5 Å². The minimum absolute atomic E-state index is 0.119. The van der Waals surface area contributed by atoms with Gasteiger partial charge < -0.3 is 14.7 Å². The number of carboxylic acid groups (broad SMARTS) is 1. The van der Waals surface area contributed by atoms with E-state index in [1.54, 1.807) is 6.07 Å². The van der Waals surface area contributed by atoms with Crippen LogP contribution >= 0.6 is 15.9 Å². The summed E-state index contributed by atoms with van der Waals surface area (Å²) in [5.41, 5.74) is 1.11. The van der Waals surface area contributed by atoms with Gasteiger partial charge in [0.05, 0.1) is 30.0 Å². The monoisotopic (exact) mass is 327 g/mol. The molecule has 1 aromatic carbocycles. The minimum Gasteiger partial charge on any atom is -0.478 e. The number of carboxylic acids is 1. The van der Waals surface area contributed by atoms with Crippen molar-refractivity contribution < 1.29 is 14.6 Å². The molecule has 1 N–H and O–H groups in total. The van der Waals surface area contributed by atoms with Gasteiger partial charge in [0.15, 0.2) is 0 Å². The molecule has 2 rings (SSSR count). The van der Waals surface area contributed by atoms with Gasteiger partial charge >= 0.3 is 5.97 Å². The van der Waals surface area contributed by atoms with Crippen LogP contribution in [0.25, 0.3) is 0 Å². The lowest BCUT2D eigenvalue weighted by Crippen LogP contribution is -2.49. The fraction of sp³-hybridized carbons (Fsp3) is 0.500. The Bertz CT molecular complexity index is 478. The molecule has 4 nitrogen and oxygen atoms in total. The molecule has 0 aromatic heterocycles. The third-order valence-corrected chi connectivity index (χ3v) is 3.93. The Morgan fingerprint density at radius 3 is 2.95 bits per heavy atom. The van der Waals surface area contributed by atoms with Gasteiger partial charge in [-0.2, -0.15) is 0 Å². The van der Waals surface area contributed by atoms with Gasteiger partial charge in [-0.1, -0.05) is 22.9 Å². The highest BCUT2D eigenvalue weighted by Crippen LogP contribution is 2.29. The van der Waals surface area contributed by atoms with Crippen molar-refractivity contribution >= 4 is 27.6 Å². The highest BCUT2D eigenvalue weighted by atomic mass is 79.9. The molecule has 1 heterocycles. The predicted octanol–water partition coefficient (Wildman–Crippen LogP) is 3.15. The van der Waals surface area contributed by atoms with E-state index >= 15 is 0 Å². The zero-order chi connectivity index (χ0) is 14.0. The number of halogens is 1. The highest BCUT2D eigenvalue weighted by Gasteiger charge is 2.28. The van der Waals surface area contributed by atoms with Gasteiger partial charge in [0.1, 0.15) is 0 Å². The van der Waals surface area contributed by atoms with Crippen LogP contribution in [0, 0.1) is 0 Å². The quantitative estimate of drug-likeness (QED) is 0.926. The average molecular weight is 328 g/mol. The number of nitrogens with zero attached hydrogens (tertiary/aromatic N) is 1. The van der Waals surface area contributed by atoms with Crippen LogP contribution in [0.2, 0.25) is 0 Å². The second-order valence-electron chi connectivity index (χ2n) is 4.83. The SMILES string of the molecule is CCC1COC(C)CN1c1ccc(Br)cc1C(=O)O. The van der Waals surface area contributed by atoms with Crippen LogP contribution in [-0.2, 0) is 4.74 Å². The first-order chi connectivity index (χ1) is 9.02. The van der Waals surface area contributed by atoms with E-state index in [1.807, 2.05) is 19.1 Å². The number of ether oxygens (including phenoxy) is 1. The van der Waals surface area contributed by atoms with E-state index in [0.717, 1.165) is 23.1 Å². The van der Waals surface area contributed by atoms with E-state index in [9.17, 15) is 9.90 Å². The lowest BCUT2D eigenvalue weighted by Gasteiger charge is -2.40. The average Bonchev–Trinajstić information content (AvgIpc) is 2.38. The fourth-order valence-electron chi connectivity index (χ4n) is 2.41. The highest BCUT2D eigenvalue weighted by molar-refractivity contribution is 9.10. The smallest absolute Gasteiger partial charge is 0.337 e.